The molecule has 1 nitrogen and oxygen atoms in total. The Balaban J connectivity index is 3.35. The predicted molar refractivity (Wildman–Crippen MR) is 56.2 cm³/mol. The lowest BCUT2D eigenvalue weighted by molar-refractivity contribution is -0.339. The SMILES string of the molecule is Cc1ccc(C)c(C(=O)C(F)(F)C(F)(F)C(F)(F)F)c1. The molecule has 20 heavy (non-hydrogen) atoms. The minimum Gasteiger partial charge on any atom is -0.287 e. The highest BCUT2D eigenvalue weighted by molar-refractivity contribution is 6.03. The van der Waals surface area contributed by atoms with Crippen molar-refractivity contribution in [2.24, 2.45) is 0 Å². The summed E-state index contributed by atoms with van der Waals surface area (Å²) >= 11 is 0. The van der Waals surface area contributed by atoms with E-state index in [-0.39, 0.29) is 11.1 Å². The van der Waals surface area contributed by atoms with Gasteiger partial charge in [-0.15, -0.1) is 0 Å². The van der Waals surface area contributed by atoms with E-state index < -0.39 is 29.4 Å². The fraction of sp³-hybridized carbons (Fsp3) is 0.417. The summed E-state index contributed by atoms with van der Waals surface area (Å²) in [7, 11) is 0. The van der Waals surface area contributed by atoms with Crippen molar-refractivity contribution in [3.05, 3.63) is 34.9 Å². The molecule has 0 radical (unpaired) electrons. The molecular weight excluding hydrogens is 293 g/mol. The van der Waals surface area contributed by atoms with Gasteiger partial charge in [-0.05, 0) is 25.5 Å². The van der Waals surface area contributed by atoms with E-state index in [1.165, 1.54) is 19.1 Å². The third-order valence-electron chi connectivity index (χ3n) is 2.67. The van der Waals surface area contributed by atoms with Crippen LogP contribution in [0.4, 0.5) is 30.7 Å². The van der Waals surface area contributed by atoms with Crippen molar-refractivity contribution in [2.45, 2.75) is 31.9 Å². The van der Waals surface area contributed by atoms with E-state index in [9.17, 15) is 35.5 Å². The summed E-state index contributed by atoms with van der Waals surface area (Å²) in [4.78, 5) is 11.4. The number of hydrogen-bond donors (Lipinski definition) is 0. The van der Waals surface area contributed by atoms with Crippen LogP contribution in [0.3, 0.4) is 0 Å². The molecule has 0 heterocycles. The first-order valence-corrected chi connectivity index (χ1v) is 5.27. The van der Waals surface area contributed by atoms with E-state index in [0.717, 1.165) is 13.0 Å². The van der Waals surface area contributed by atoms with Gasteiger partial charge in [0.05, 0.1) is 0 Å². The van der Waals surface area contributed by atoms with E-state index in [2.05, 4.69) is 0 Å². The van der Waals surface area contributed by atoms with Crippen LogP contribution >= 0.6 is 0 Å². The summed E-state index contributed by atoms with van der Waals surface area (Å²) in [6, 6.07) is 3.44. The molecule has 0 fully saturated rings. The zero-order chi connectivity index (χ0) is 15.9. The van der Waals surface area contributed by atoms with Gasteiger partial charge in [0.2, 0.25) is 5.78 Å². The number of hydrogen-bond acceptors (Lipinski definition) is 1. The molecule has 1 aromatic rings. The van der Waals surface area contributed by atoms with Gasteiger partial charge in [-0.2, -0.15) is 30.7 Å². The number of carbonyl (C=O) groups excluding carboxylic acids is 1. The first kappa shape index (κ1) is 16.5. The maximum Gasteiger partial charge on any atom is 0.460 e. The first-order chi connectivity index (χ1) is 8.82. The van der Waals surface area contributed by atoms with Crippen LogP contribution in [-0.4, -0.2) is 23.8 Å². The summed E-state index contributed by atoms with van der Waals surface area (Å²) < 4.78 is 88.1. The summed E-state index contributed by atoms with van der Waals surface area (Å²) in [5, 5.41) is 0. The lowest BCUT2D eigenvalue weighted by atomic mass is 9.95. The van der Waals surface area contributed by atoms with Gasteiger partial charge in [-0.1, -0.05) is 17.7 Å². The number of aryl methyl sites for hydroxylation is 2. The van der Waals surface area contributed by atoms with Crippen molar-refractivity contribution in [3.63, 3.8) is 0 Å². The number of rotatable bonds is 3. The normalized spacial score (nSPS) is 13.4. The highest BCUT2D eigenvalue weighted by atomic mass is 19.4. The molecule has 0 spiro atoms. The average molecular weight is 302 g/mol. The molecule has 0 aliphatic heterocycles. The van der Waals surface area contributed by atoms with Gasteiger partial charge in [-0.25, -0.2) is 0 Å². The monoisotopic (exact) mass is 302 g/mol. The molecule has 1 aromatic carbocycles. The van der Waals surface area contributed by atoms with Gasteiger partial charge < -0.3 is 0 Å². The van der Waals surface area contributed by atoms with Gasteiger partial charge in [0, 0.05) is 5.56 Å². The van der Waals surface area contributed by atoms with Crippen molar-refractivity contribution >= 4 is 5.78 Å². The topological polar surface area (TPSA) is 17.1 Å². The Hall–Kier alpha value is -1.60. The Kier molecular flexibility index (Phi) is 3.91. The molecule has 0 aliphatic rings. The zero-order valence-corrected chi connectivity index (χ0v) is 10.3. The molecule has 0 aromatic heterocycles. The summed E-state index contributed by atoms with van der Waals surface area (Å²) in [6.45, 7) is 2.55. The standard InChI is InChI=1S/C12H9F7O/c1-6-3-4-7(2)8(5-6)9(20)10(13,14)11(15,16)12(17,18)19/h3-5H,1-2H3. The molecule has 112 valence electrons. The number of alkyl halides is 7. The fourth-order valence-electron chi connectivity index (χ4n) is 1.47. The number of Topliss-reactive ketones (excluding diaryl/α,β-unsaturated/α-hetero) is 1. The van der Waals surface area contributed by atoms with Gasteiger partial charge in [0.1, 0.15) is 0 Å². The van der Waals surface area contributed by atoms with Crippen molar-refractivity contribution in [1.82, 2.24) is 0 Å². The molecule has 0 aliphatic carbocycles. The first-order valence-electron chi connectivity index (χ1n) is 5.27. The van der Waals surface area contributed by atoms with Crippen molar-refractivity contribution in [1.29, 1.82) is 0 Å². The van der Waals surface area contributed by atoms with E-state index >= 15 is 0 Å². The van der Waals surface area contributed by atoms with E-state index in [0.29, 0.717) is 0 Å². The lowest BCUT2D eigenvalue weighted by Gasteiger charge is -2.27. The fourth-order valence-corrected chi connectivity index (χ4v) is 1.47. The molecular formula is C12H9F7O. The Morgan fingerprint density at radius 1 is 0.950 bits per heavy atom. The maximum atomic E-state index is 13.3. The summed E-state index contributed by atoms with van der Waals surface area (Å²) in [5.74, 6) is -14.9. The quantitative estimate of drug-likeness (QED) is 0.600. The number of ketones is 1. The highest BCUT2D eigenvalue weighted by Gasteiger charge is 2.76. The van der Waals surface area contributed by atoms with E-state index in [4.69, 9.17) is 0 Å². The molecule has 8 heteroatoms. The van der Waals surface area contributed by atoms with E-state index in [1.807, 2.05) is 0 Å². The third-order valence-corrected chi connectivity index (χ3v) is 2.67. The Morgan fingerprint density at radius 2 is 1.45 bits per heavy atom. The molecule has 0 amide bonds. The van der Waals surface area contributed by atoms with Gasteiger partial charge in [-0.3, -0.25) is 4.79 Å². The minimum atomic E-state index is -6.52. The predicted octanol–water partition coefficient (Wildman–Crippen LogP) is 4.32. The summed E-state index contributed by atoms with van der Waals surface area (Å²) in [5.41, 5.74) is -0.692. The van der Waals surface area contributed by atoms with Gasteiger partial charge in [0.25, 0.3) is 0 Å². The van der Waals surface area contributed by atoms with Crippen LogP contribution in [0, 0.1) is 13.8 Å². The minimum absolute atomic E-state index is 0.113. The molecule has 0 saturated carbocycles. The van der Waals surface area contributed by atoms with Crippen molar-refractivity contribution in [3.8, 4) is 0 Å². The third kappa shape index (κ3) is 2.51. The lowest BCUT2D eigenvalue weighted by Crippen LogP contribution is -2.56. The maximum absolute atomic E-state index is 13.3. The van der Waals surface area contributed by atoms with Crippen molar-refractivity contribution < 1.29 is 35.5 Å². The molecule has 0 atom stereocenters. The average Bonchev–Trinajstić information content (AvgIpc) is 2.29. The number of halogens is 7. The summed E-state index contributed by atoms with van der Waals surface area (Å²) in [6.07, 6.45) is -6.52. The van der Waals surface area contributed by atoms with Gasteiger partial charge in [0.15, 0.2) is 0 Å². The highest BCUT2D eigenvalue weighted by Crippen LogP contribution is 2.47. The van der Waals surface area contributed by atoms with Crippen LogP contribution in [0.1, 0.15) is 21.5 Å². The van der Waals surface area contributed by atoms with Crippen LogP contribution in [0.15, 0.2) is 18.2 Å². The second kappa shape index (κ2) is 4.75. The Bertz CT molecular complexity index is 531. The molecule has 0 bridgehead atoms. The van der Waals surface area contributed by atoms with Crippen LogP contribution < -0.4 is 0 Å². The van der Waals surface area contributed by atoms with Crippen LogP contribution in [-0.2, 0) is 0 Å². The second-order valence-corrected chi connectivity index (χ2v) is 4.29. The van der Waals surface area contributed by atoms with Crippen LogP contribution in [0.2, 0.25) is 0 Å². The second-order valence-electron chi connectivity index (χ2n) is 4.29. The van der Waals surface area contributed by atoms with Crippen molar-refractivity contribution in [2.75, 3.05) is 0 Å². The van der Waals surface area contributed by atoms with Gasteiger partial charge >= 0.3 is 18.0 Å². The molecule has 0 saturated heterocycles. The Labute approximate surface area is 109 Å². The zero-order valence-electron chi connectivity index (χ0n) is 10.3. The van der Waals surface area contributed by atoms with E-state index in [1.54, 1.807) is 0 Å². The molecule has 0 N–H and O–H groups in total. The molecule has 0 unspecified atom stereocenters. The number of carbonyl (C=O) groups is 1. The smallest absolute Gasteiger partial charge is 0.287 e. The van der Waals surface area contributed by atoms with Crippen LogP contribution in [0.5, 0.6) is 0 Å². The number of benzene rings is 1. The molecule has 1 rings (SSSR count). The largest absolute Gasteiger partial charge is 0.460 e. The van der Waals surface area contributed by atoms with Crippen LogP contribution in [0.25, 0.3) is 0 Å². The Morgan fingerprint density at radius 3 is 1.90 bits per heavy atom.